The molecule has 148 valence electrons. The Morgan fingerprint density at radius 2 is 1.84 bits per heavy atom. The monoisotopic (exact) mass is 466 g/mol. The number of likely N-dealkylation sites (tertiary alicyclic amines) is 1. The number of halogens is 1. The molecule has 1 heterocycles. The molecule has 2 N–H and O–H groups in total. The second-order valence-corrected chi connectivity index (χ2v) is 7.76. The molecule has 2 atom stereocenters. The van der Waals surface area contributed by atoms with E-state index < -0.39 is 0 Å². The van der Waals surface area contributed by atoms with E-state index in [-0.39, 0.29) is 24.0 Å². The molecule has 2 aliphatic rings. The zero-order valence-electron chi connectivity index (χ0n) is 16.6. The smallest absolute Gasteiger partial charge is 0.191 e. The minimum Gasteiger partial charge on any atom is -0.376 e. The molecule has 1 aliphatic heterocycles. The first-order chi connectivity index (χ1) is 11.6. The lowest BCUT2D eigenvalue weighted by Crippen LogP contribution is -2.47. The van der Waals surface area contributed by atoms with Gasteiger partial charge in [0.2, 0.25) is 0 Å². The molecule has 1 saturated carbocycles. The van der Waals surface area contributed by atoms with Crippen LogP contribution in [0.4, 0.5) is 0 Å². The summed E-state index contributed by atoms with van der Waals surface area (Å²) in [6.07, 6.45) is 8.35. The third-order valence-electron chi connectivity index (χ3n) is 5.47. The topological polar surface area (TPSA) is 48.9 Å². The Kier molecular flexibility index (Phi) is 11.3. The van der Waals surface area contributed by atoms with E-state index in [2.05, 4.69) is 41.3 Å². The highest BCUT2D eigenvalue weighted by Gasteiger charge is 2.31. The third-order valence-corrected chi connectivity index (χ3v) is 5.47. The minimum atomic E-state index is 0. The third kappa shape index (κ3) is 7.99. The summed E-state index contributed by atoms with van der Waals surface area (Å²) in [6.45, 7) is 10.7. The standard InChI is InChI=1S/C19H38N4O.HI/c1-15(2)23-13-16(3)18(14-23)22-19(20-4)21-11-12-24-17-9-7-5-6-8-10-17;/h15-18H,5-14H2,1-4H3,(H2,20,21,22);1H. The van der Waals surface area contributed by atoms with E-state index in [1.807, 2.05) is 7.05 Å². The Balaban J connectivity index is 0.00000312. The fourth-order valence-electron chi connectivity index (χ4n) is 3.79. The number of nitrogens with one attached hydrogen (secondary N) is 2. The molecule has 6 heteroatoms. The predicted molar refractivity (Wildman–Crippen MR) is 117 cm³/mol. The number of nitrogens with zero attached hydrogens (tertiary/aromatic N) is 2. The van der Waals surface area contributed by atoms with Gasteiger partial charge < -0.3 is 15.4 Å². The highest BCUT2D eigenvalue weighted by Crippen LogP contribution is 2.20. The number of guanidine groups is 1. The SMILES string of the molecule is CN=C(NCCOC1CCCCCC1)NC1CN(C(C)C)CC1C.I. The Bertz CT molecular complexity index is 384. The van der Waals surface area contributed by atoms with E-state index in [0.717, 1.165) is 32.2 Å². The molecule has 2 fully saturated rings. The molecule has 1 aliphatic carbocycles. The van der Waals surface area contributed by atoms with Gasteiger partial charge >= 0.3 is 0 Å². The molecule has 2 unspecified atom stereocenters. The van der Waals surface area contributed by atoms with Crippen molar-refractivity contribution in [3.05, 3.63) is 0 Å². The van der Waals surface area contributed by atoms with Gasteiger partial charge in [-0.1, -0.05) is 32.6 Å². The number of aliphatic imine (C=N–C) groups is 1. The lowest BCUT2D eigenvalue weighted by molar-refractivity contribution is 0.0468. The van der Waals surface area contributed by atoms with E-state index in [1.54, 1.807) is 0 Å². The van der Waals surface area contributed by atoms with Crippen LogP contribution in [0.25, 0.3) is 0 Å². The highest BCUT2D eigenvalue weighted by atomic mass is 127. The van der Waals surface area contributed by atoms with E-state index in [4.69, 9.17) is 4.74 Å². The van der Waals surface area contributed by atoms with Gasteiger partial charge in [0, 0.05) is 38.8 Å². The molecule has 5 nitrogen and oxygen atoms in total. The molecule has 0 aromatic rings. The van der Waals surface area contributed by atoms with Crippen LogP contribution in [0.3, 0.4) is 0 Å². The summed E-state index contributed by atoms with van der Waals surface area (Å²) in [7, 11) is 1.85. The average molecular weight is 466 g/mol. The first-order valence-electron chi connectivity index (χ1n) is 9.93. The molecule has 0 bridgehead atoms. The Hall–Kier alpha value is -0.0800. The van der Waals surface area contributed by atoms with Crippen molar-refractivity contribution in [3.8, 4) is 0 Å². The highest BCUT2D eigenvalue weighted by molar-refractivity contribution is 14.0. The van der Waals surface area contributed by atoms with Crippen molar-refractivity contribution < 1.29 is 4.74 Å². The van der Waals surface area contributed by atoms with Crippen molar-refractivity contribution in [2.75, 3.05) is 33.3 Å². The maximum Gasteiger partial charge on any atom is 0.191 e. The van der Waals surface area contributed by atoms with Crippen LogP contribution >= 0.6 is 24.0 Å². The van der Waals surface area contributed by atoms with Crippen molar-refractivity contribution >= 4 is 29.9 Å². The number of hydrogen-bond donors (Lipinski definition) is 2. The van der Waals surface area contributed by atoms with E-state index >= 15 is 0 Å². The molecule has 0 spiro atoms. The van der Waals surface area contributed by atoms with Crippen LogP contribution in [0.15, 0.2) is 4.99 Å². The quantitative estimate of drug-likeness (QED) is 0.208. The van der Waals surface area contributed by atoms with Crippen LogP contribution < -0.4 is 10.6 Å². The summed E-state index contributed by atoms with van der Waals surface area (Å²) in [5.41, 5.74) is 0. The molecule has 2 rings (SSSR count). The van der Waals surface area contributed by atoms with Crippen LogP contribution in [-0.4, -0.2) is 62.3 Å². The van der Waals surface area contributed by atoms with Gasteiger partial charge in [0.1, 0.15) is 0 Å². The molecule has 0 radical (unpaired) electrons. The van der Waals surface area contributed by atoms with Crippen molar-refractivity contribution in [2.24, 2.45) is 10.9 Å². The Labute approximate surface area is 171 Å². The van der Waals surface area contributed by atoms with E-state index in [0.29, 0.717) is 24.1 Å². The zero-order chi connectivity index (χ0) is 17.4. The second-order valence-electron chi connectivity index (χ2n) is 7.76. The molecule has 0 amide bonds. The summed E-state index contributed by atoms with van der Waals surface area (Å²) in [5.74, 6) is 1.55. The van der Waals surface area contributed by atoms with Crippen molar-refractivity contribution in [1.29, 1.82) is 0 Å². The van der Waals surface area contributed by atoms with Crippen molar-refractivity contribution in [1.82, 2.24) is 15.5 Å². The van der Waals surface area contributed by atoms with Crippen LogP contribution in [0.5, 0.6) is 0 Å². The van der Waals surface area contributed by atoms with E-state index in [1.165, 1.54) is 38.5 Å². The van der Waals surface area contributed by atoms with Crippen molar-refractivity contribution in [3.63, 3.8) is 0 Å². The fraction of sp³-hybridized carbons (Fsp3) is 0.947. The van der Waals surface area contributed by atoms with E-state index in [9.17, 15) is 0 Å². The lowest BCUT2D eigenvalue weighted by atomic mass is 10.1. The van der Waals surface area contributed by atoms with Gasteiger partial charge in [-0.2, -0.15) is 0 Å². The lowest BCUT2D eigenvalue weighted by Gasteiger charge is -2.22. The summed E-state index contributed by atoms with van der Waals surface area (Å²) in [5, 5.41) is 7.00. The van der Waals surface area contributed by atoms with Gasteiger partial charge in [-0.15, -0.1) is 24.0 Å². The van der Waals surface area contributed by atoms with Crippen molar-refractivity contribution in [2.45, 2.75) is 77.5 Å². The number of rotatable bonds is 6. The molecule has 0 aromatic heterocycles. The van der Waals surface area contributed by atoms with Gasteiger partial charge in [0.25, 0.3) is 0 Å². The average Bonchev–Trinajstić information content (AvgIpc) is 2.76. The van der Waals surface area contributed by atoms with Crippen LogP contribution in [0, 0.1) is 5.92 Å². The van der Waals surface area contributed by atoms with Gasteiger partial charge in [0.15, 0.2) is 5.96 Å². The molecule has 0 aromatic carbocycles. The second kappa shape index (κ2) is 12.3. The molecule has 25 heavy (non-hydrogen) atoms. The summed E-state index contributed by atoms with van der Waals surface area (Å²) >= 11 is 0. The fourth-order valence-corrected chi connectivity index (χ4v) is 3.79. The van der Waals surface area contributed by atoms with Crippen LogP contribution in [0.2, 0.25) is 0 Å². The minimum absolute atomic E-state index is 0. The summed E-state index contributed by atoms with van der Waals surface area (Å²) in [4.78, 5) is 6.91. The van der Waals surface area contributed by atoms with Crippen LogP contribution in [-0.2, 0) is 4.74 Å². The van der Waals surface area contributed by atoms with Crippen LogP contribution in [0.1, 0.15) is 59.3 Å². The van der Waals surface area contributed by atoms with Gasteiger partial charge in [-0.25, -0.2) is 0 Å². The largest absolute Gasteiger partial charge is 0.376 e. The molecular formula is C19H39IN4O. The van der Waals surface area contributed by atoms with Gasteiger partial charge in [-0.05, 0) is 32.6 Å². The Morgan fingerprint density at radius 3 is 2.40 bits per heavy atom. The van der Waals surface area contributed by atoms with Gasteiger partial charge in [-0.3, -0.25) is 9.89 Å². The summed E-state index contributed by atoms with van der Waals surface area (Å²) < 4.78 is 6.04. The van der Waals surface area contributed by atoms with Gasteiger partial charge in [0.05, 0.1) is 12.7 Å². The predicted octanol–water partition coefficient (Wildman–Crippen LogP) is 3.24. The maximum absolute atomic E-state index is 6.04. The normalized spacial score (nSPS) is 26.4. The first-order valence-corrected chi connectivity index (χ1v) is 9.93. The zero-order valence-corrected chi connectivity index (χ0v) is 18.9. The maximum atomic E-state index is 6.04. The summed E-state index contributed by atoms with van der Waals surface area (Å²) in [6, 6.07) is 1.09. The number of ether oxygens (including phenoxy) is 1. The molecular weight excluding hydrogens is 427 g/mol. The Morgan fingerprint density at radius 1 is 1.16 bits per heavy atom. The first kappa shape index (κ1) is 23.0. The number of hydrogen-bond acceptors (Lipinski definition) is 3. The molecule has 1 saturated heterocycles.